The highest BCUT2D eigenvalue weighted by atomic mass is 35.5. The third kappa shape index (κ3) is 2.90. The number of carbonyl (C=O) groups is 2. The van der Waals surface area contributed by atoms with E-state index in [9.17, 15) is 9.59 Å². The lowest BCUT2D eigenvalue weighted by Crippen LogP contribution is -2.43. The summed E-state index contributed by atoms with van der Waals surface area (Å²) in [5, 5.41) is 0.373. The molecule has 2 aliphatic rings. The molecule has 1 aromatic carbocycles. The molecule has 1 saturated carbocycles. The smallest absolute Gasteiger partial charge is 0.262 e. The number of ether oxygens (including phenoxy) is 1. The molecule has 0 radical (unpaired) electrons. The maximum absolute atomic E-state index is 12.8. The SMILES string of the molecule is CC1O[C@H]2CCCC[C@@H]2CN(C(=O)c2ccccc2Cl)C1=O. The lowest BCUT2D eigenvalue weighted by Gasteiger charge is -2.30. The Morgan fingerprint density at radius 1 is 1.27 bits per heavy atom. The number of halogens is 1. The third-order valence-corrected chi connectivity index (χ3v) is 4.93. The zero-order valence-electron chi connectivity index (χ0n) is 12.6. The molecule has 0 aromatic heterocycles. The topological polar surface area (TPSA) is 46.6 Å². The summed E-state index contributed by atoms with van der Waals surface area (Å²) in [6.07, 6.45) is 3.71. The summed E-state index contributed by atoms with van der Waals surface area (Å²) >= 11 is 6.11. The van der Waals surface area contributed by atoms with Crippen LogP contribution in [-0.4, -0.2) is 35.5 Å². The van der Waals surface area contributed by atoms with Crippen molar-refractivity contribution < 1.29 is 14.3 Å². The van der Waals surface area contributed by atoms with E-state index in [1.165, 1.54) is 4.90 Å². The fourth-order valence-electron chi connectivity index (χ4n) is 3.39. The van der Waals surface area contributed by atoms with Crippen molar-refractivity contribution in [2.24, 2.45) is 5.92 Å². The molecule has 1 aromatic rings. The van der Waals surface area contributed by atoms with E-state index < -0.39 is 6.10 Å². The van der Waals surface area contributed by atoms with Crippen molar-refractivity contribution in [2.45, 2.75) is 44.8 Å². The fourth-order valence-corrected chi connectivity index (χ4v) is 3.61. The Morgan fingerprint density at radius 2 is 2.00 bits per heavy atom. The van der Waals surface area contributed by atoms with E-state index in [2.05, 4.69) is 0 Å². The molecule has 2 amide bonds. The van der Waals surface area contributed by atoms with Gasteiger partial charge in [-0.25, -0.2) is 0 Å². The minimum Gasteiger partial charge on any atom is -0.365 e. The van der Waals surface area contributed by atoms with Crippen molar-refractivity contribution in [3.63, 3.8) is 0 Å². The van der Waals surface area contributed by atoms with Gasteiger partial charge in [-0.15, -0.1) is 0 Å². The van der Waals surface area contributed by atoms with E-state index >= 15 is 0 Å². The van der Waals surface area contributed by atoms with Crippen LogP contribution < -0.4 is 0 Å². The van der Waals surface area contributed by atoms with E-state index in [1.54, 1.807) is 31.2 Å². The predicted molar refractivity (Wildman–Crippen MR) is 83.8 cm³/mol. The molecule has 3 rings (SSSR count). The summed E-state index contributed by atoms with van der Waals surface area (Å²) in [6, 6.07) is 6.85. The van der Waals surface area contributed by atoms with Crippen LogP contribution in [0.25, 0.3) is 0 Å². The maximum atomic E-state index is 12.8. The first-order chi connectivity index (χ1) is 10.6. The van der Waals surface area contributed by atoms with Gasteiger partial charge < -0.3 is 4.74 Å². The van der Waals surface area contributed by atoms with E-state index in [0.717, 1.165) is 25.7 Å². The van der Waals surface area contributed by atoms with Gasteiger partial charge in [-0.3, -0.25) is 14.5 Å². The number of hydrogen-bond acceptors (Lipinski definition) is 3. The van der Waals surface area contributed by atoms with Gasteiger partial charge in [0.2, 0.25) is 0 Å². The average Bonchev–Trinajstić information content (AvgIpc) is 2.65. The highest BCUT2D eigenvalue weighted by Gasteiger charge is 2.39. The van der Waals surface area contributed by atoms with Crippen LogP contribution in [0.3, 0.4) is 0 Å². The molecular formula is C17H20ClNO3. The van der Waals surface area contributed by atoms with E-state index in [1.807, 2.05) is 0 Å². The van der Waals surface area contributed by atoms with Crippen LogP contribution in [0.1, 0.15) is 43.0 Å². The first-order valence-corrected chi connectivity index (χ1v) is 8.21. The molecule has 118 valence electrons. The molecule has 1 aliphatic carbocycles. The van der Waals surface area contributed by atoms with Gasteiger partial charge in [0.25, 0.3) is 11.8 Å². The van der Waals surface area contributed by atoms with E-state index in [0.29, 0.717) is 17.1 Å². The minimum absolute atomic E-state index is 0.0803. The van der Waals surface area contributed by atoms with Crippen LogP contribution in [0.4, 0.5) is 0 Å². The number of imide groups is 1. The normalized spacial score (nSPS) is 28.9. The quantitative estimate of drug-likeness (QED) is 0.746. The minimum atomic E-state index is -0.584. The largest absolute Gasteiger partial charge is 0.365 e. The van der Waals surface area contributed by atoms with Gasteiger partial charge in [-0.1, -0.05) is 36.6 Å². The van der Waals surface area contributed by atoms with Gasteiger partial charge in [0.05, 0.1) is 16.7 Å². The second-order valence-corrected chi connectivity index (χ2v) is 6.50. The van der Waals surface area contributed by atoms with Crippen LogP contribution in [0.15, 0.2) is 24.3 Å². The summed E-state index contributed by atoms with van der Waals surface area (Å²) in [7, 11) is 0. The van der Waals surface area contributed by atoms with Crippen molar-refractivity contribution in [3.05, 3.63) is 34.9 Å². The molecular weight excluding hydrogens is 302 g/mol. The van der Waals surface area contributed by atoms with Gasteiger partial charge in [0.15, 0.2) is 0 Å². The summed E-state index contributed by atoms with van der Waals surface area (Å²) in [5.41, 5.74) is 0.374. The van der Waals surface area contributed by atoms with Crippen molar-refractivity contribution in [1.82, 2.24) is 4.90 Å². The molecule has 2 fully saturated rings. The van der Waals surface area contributed by atoms with E-state index in [-0.39, 0.29) is 23.8 Å². The standard InChI is InChI=1S/C17H20ClNO3/c1-11-16(20)19(10-12-6-2-5-9-15(12)22-11)17(21)13-7-3-4-8-14(13)18/h3-4,7-8,11-12,15H,2,5-6,9-10H2,1H3/t11?,12-,15+/m1/s1. The number of fused-ring (bicyclic) bond motifs is 1. The molecule has 1 saturated heterocycles. The predicted octanol–water partition coefficient (Wildman–Crippen LogP) is 3.29. The lowest BCUT2D eigenvalue weighted by atomic mass is 9.86. The van der Waals surface area contributed by atoms with E-state index in [4.69, 9.17) is 16.3 Å². The molecule has 0 N–H and O–H groups in total. The Kier molecular flexibility index (Phi) is 4.50. The monoisotopic (exact) mass is 321 g/mol. The number of benzene rings is 1. The fraction of sp³-hybridized carbons (Fsp3) is 0.529. The van der Waals surface area contributed by atoms with Gasteiger partial charge in [0.1, 0.15) is 6.10 Å². The molecule has 3 atom stereocenters. The Bertz CT molecular complexity index is 589. The highest BCUT2D eigenvalue weighted by molar-refractivity contribution is 6.34. The Hall–Kier alpha value is -1.39. The van der Waals surface area contributed by atoms with Gasteiger partial charge >= 0.3 is 0 Å². The van der Waals surface area contributed by atoms with Crippen LogP contribution in [0.2, 0.25) is 5.02 Å². The molecule has 4 nitrogen and oxygen atoms in total. The van der Waals surface area contributed by atoms with Crippen molar-refractivity contribution in [3.8, 4) is 0 Å². The second kappa shape index (κ2) is 6.39. The lowest BCUT2D eigenvalue weighted by molar-refractivity contribution is -0.140. The van der Waals surface area contributed by atoms with Crippen molar-refractivity contribution >= 4 is 23.4 Å². The number of rotatable bonds is 1. The average molecular weight is 322 g/mol. The van der Waals surface area contributed by atoms with Gasteiger partial charge in [0, 0.05) is 12.5 Å². The summed E-state index contributed by atoms with van der Waals surface area (Å²) in [6.45, 7) is 2.16. The second-order valence-electron chi connectivity index (χ2n) is 6.10. The van der Waals surface area contributed by atoms with Gasteiger partial charge in [-0.2, -0.15) is 0 Å². The first-order valence-electron chi connectivity index (χ1n) is 7.83. The number of amides is 2. The van der Waals surface area contributed by atoms with Crippen molar-refractivity contribution in [2.75, 3.05) is 6.54 Å². The number of nitrogens with zero attached hydrogens (tertiary/aromatic N) is 1. The molecule has 5 heteroatoms. The van der Waals surface area contributed by atoms with Crippen LogP contribution in [0.5, 0.6) is 0 Å². The molecule has 22 heavy (non-hydrogen) atoms. The zero-order chi connectivity index (χ0) is 15.7. The number of hydrogen-bond donors (Lipinski definition) is 0. The molecule has 0 spiro atoms. The Morgan fingerprint density at radius 3 is 2.77 bits per heavy atom. The summed E-state index contributed by atoms with van der Waals surface area (Å²) < 4.78 is 5.90. The third-order valence-electron chi connectivity index (χ3n) is 4.60. The molecule has 1 aliphatic heterocycles. The maximum Gasteiger partial charge on any atom is 0.262 e. The number of carbonyl (C=O) groups excluding carboxylic acids is 2. The molecule has 1 unspecified atom stereocenters. The van der Waals surface area contributed by atoms with Gasteiger partial charge in [-0.05, 0) is 31.9 Å². The zero-order valence-corrected chi connectivity index (χ0v) is 13.4. The molecule has 0 bridgehead atoms. The van der Waals surface area contributed by atoms with Crippen molar-refractivity contribution in [1.29, 1.82) is 0 Å². The Labute approximate surface area is 135 Å². The first kappa shape index (κ1) is 15.5. The molecule has 1 heterocycles. The van der Waals surface area contributed by atoms with Crippen LogP contribution in [-0.2, 0) is 9.53 Å². The summed E-state index contributed by atoms with van der Waals surface area (Å²) in [5.74, 6) is -0.356. The summed E-state index contributed by atoms with van der Waals surface area (Å²) in [4.78, 5) is 26.7. The van der Waals surface area contributed by atoms with Crippen LogP contribution in [0, 0.1) is 5.92 Å². The Balaban J connectivity index is 1.89. The van der Waals surface area contributed by atoms with Crippen LogP contribution >= 0.6 is 11.6 Å². The highest BCUT2D eigenvalue weighted by Crippen LogP contribution is 2.32.